The molecule has 168 valence electrons. The number of nitrogens with one attached hydrogen (secondary N) is 1. The first-order valence-corrected chi connectivity index (χ1v) is 9.88. The molecule has 0 radical (unpaired) electrons. The van der Waals surface area contributed by atoms with Crippen LogP contribution in [0.2, 0.25) is 0 Å². The van der Waals surface area contributed by atoms with Crippen molar-refractivity contribution in [1.29, 1.82) is 0 Å². The Morgan fingerprint density at radius 3 is 2.39 bits per heavy atom. The molecule has 1 aromatic carbocycles. The molecule has 31 heavy (non-hydrogen) atoms. The largest absolute Gasteiger partial charge is 0.469 e. The molecule has 12 heteroatoms. The van der Waals surface area contributed by atoms with Gasteiger partial charge in [-0.2, -0.15) is 18.3 Å². The van der Waals surface area contributed by atoms with Gasteiger partial charge in [0.2, 0.25) is 5.91 Å². The zero-order valence-electron chi connectivity index (χ0n) is 16.6. The summed E-state index contributed by atoms with van der Waals surface area (Å²) in [6.07, 6.45) is -1.96. The standard InChI is InChI=1S/C19H20F3N3O5S/c1-29-17(27)7-14(8-18(28)30-2)25-10-13(9-23-25)24-16(26)11-31-15-5-3-4-12(6-15)19(20,21)22/h3-6,9-10,14H,7-8,11H2,1-2H3,(H,24,26). The maximum Gasteiger partial charge on any atom is 0.416 e. The molecule has 0 aliphatic heterocycles. The number of anilines is 1. The third kappa shape index (κ3) is 7.63. The van der Waals surface area contributed by atoms with E-state index in [1.54, 1.807) is 0 Å². The molecule has 0 aliphatic carbocycles. The Hall–Kier alpha value is -3.02. The molecule has 0 spiro atoms. The Kier molecular flexibility index (Phi) is 8.48. The number of nitrogens with zero attached hydrogens (tertiary/aromatic N) is 2. The molecule has 2 rings (SSSR count). The van der Waals surface area contributed by atoms with Gasteiger partial charge in [0, 0.05) is 11.1 Å². The Balaban J connectivity index is 1.98. The summed E-state index contributed by atoms with van der Waals surface area (Å²) in [7, 11) is 2.43. The van der Waals surface area contributed by atoms with Gasteiger partial charge in [-0.15, -0.1) is 11.8 Å². The zero-order valence-corrected chi connectivity index (χ0v) is 17.5. The summed E-state index contributed by atoms with van der Waals surface area (Å²) >= 11 is 0.952. The van der Waals surface area contributed by atoms with Crippen molar-refractivity contribution >= 4 is 35.3 Å². The minimum atomic E-state index is -4.46. The maximum absolute atomic E-state index is 12.8. The summed E-state index contributed by atoms with van der Waals surface area (Å²) in [5, 5.41) is 6.63. The van der Waals surface area contributed by atoms with Crippen molar-refractivity contribution < 1.29 is 37.0 Å². The second-order valence-corrected chi connectivity index (χ2v) is 7.33. The first kappa shape index (κ1) is 24.3. The number of alkyl halides is 3. The fourth-order valence-corrected chi connectivity index (χ4v) is 3.28. The first-order valence-electron chi connectivity index (χ1n) is 8.90. The van der Waals surface area contributed by atoms with E-state index in [9.17, 15) is 27.6 Å². The summed E-state index contributed by atoms with van der Waals surface area (Å²) in [4.78, 5) is 35.7. The molecular formula is C19H20F3N3O5S. The van der Waals surface area contributed by atoms with E-state index >= 15 is 0 Å². The quantitative estimate of drug-likeness (QED) is 0.454. The number of hydrogen-bond acceptors (Lipinski definition) is 7. The number of aromatic nitrogens is 2. The van der Waals surface area contributed by atoms with Gasteiger partial charge in [0.15, 0.2) is 0 Å². The van der Waals surface area contributed by atoms with Crippen molar-refractivity contribution in [2.45, 2.75) is 30.0 Å². The van der Waals surface area contributed by atoms with Crippen LogP contribution in [0, 0.1) is 0 Å². The Morgan fingerprint density at radius 2 is 1.81 bits per heavy atom. The van der Waals surface area contributed by atoms with Gasteiger partial charge >= 0.3 is 18.1 Å². The zero-order chi connectivity index (χ0) is 23.0. The molecule has 1 amide bonds. The Labute approximate surface area is 180 Å². The molecule has 0 saturated carbocycles. The van der Waals surface area contributed by atoms with Crippen LogP contribution in [0.4, 0.5) is 18.9 Å². The summed E-state index contributed by atoms with van der Waals surface area (Å²) < 4.78 is 48.9. The number of hydrogen-bond donors (Lipinski definition) is 1. The van der Waals surface area contributed by atoms with Crippen LogP contribution in [-0.2, 0) is 30.0 Å². The van der Waals surface area contributed by atoms with Crippen molar-refractivity contribution in [1.82, 2.24) is 9.78 Å². The van der Waals surface area contributed by atoms with Crippen LogP contribution in [0.1, 0.15) is 24.4 Å². The predicted octanol–water partition coefficient (Wildman–Crippen LogP) is 3.30. The highest BCUT2D eigenvalue weighted by molar-refractivity contribution is 8.00. The van der Waals surface area contributed by atoms with Gasteiger partial charge in [-0.05, 0) is 18.2 Å². The highest BCUT2D eigenvalue weighted by Gasteiger charge is 2.30. The number of methoxy groups -OCH3 is 2. The maximum atomic E-state index is 12.8. The van der Waals surface area contributed by atoms with Crippen molar-refractivity contribution in [3.63, 3.8) is 0 Å². The molecule has 1 aromatic heterocycles. The van der Waals surface area contributed by atoms with Gasteiger partial charge < -0.3 is 14.8 Å². The highest BCUT2D eigenvalue weighted by Crippen LogP contribution is 2.32. The lowest BCUT2D eigenvalue weighted by Crippen LogP contribution is -2.19. The molecule has 0 fully saturated rings. The Morgan fingerprint density at radius 1 is 1.16 bits per heavy atom. The van der Waals surface area contributed by atoms with Gasteiger partial charge in [0.25, 0.3) is 0 Å². The van der Waals surface area contributed by atoms with E-state index in [4.69, 9.17) is 0 Å². The number of benzene rings is 1. The van der Waals surface area contributed by atoms with Gasteiger partial charge in [-0.25, -0.2) is 0 Å². The van der Waals surface area contributed by atoms with E-state index in [0.29, 0.717) is 10.6 Å². The summed E-state index contributed by atoms with van der Waals surface area (Å²) in [5.41, 5.74) is -0.490. The number of ether oxygens (including phenoxy) is 2. The fraction of sp³-hybridized carbons (Fsp3) is 0.368. The van der Waals surface area contributed by atoms with Crippen LogP contribution in [0.3, 0.4) is 0 Å². The van der Waals surface area contributed by atoms with E-state index in [0.717, 1.165) is 23.9 Å². The van der Waals surface area contributed by atoms with Crippen molar-refractivity contribution in [2.75, 3.05) is 25.3 Å². The van der Waals surface area contributed by atoms with Crippen molar-refractivity contribution in [3.05, 3.63) is 42.2 Å². The van der Waals surface area contributed by atoms with Crippen molar-refractivity contribution in [3.8, 4) is 0 Å². The number of thioether (sulfide) groups is 1. The average molecular weight is 459 g/mol. The van der Waals surface area contributed by atoms with Crippen molar-refractivity contribution in [2.24, 2.45) is 0 Å². The second-order valence-electron chi connectivity index (χ2n) is 6.29. The minimum Gasteiger partial charge on any atom is -0.469 e. The number of amides is 1. The van der Waals surface area contributed by atoms with Crippen LogP contribution < -0.4 is 5.32 Å². The monoisotopic (exact) mass is 459 g/mol. The second kappa shape index (κ2) is 10.8. The summed E-state index contributed by atoms with van der Waals surface area (Å²) in [5.74, 6) is -1.68. The van der Waals surface area contributed by atoms with Gasteiger partial charge in [-0.1, -0.05) is 6.07 Å². The molecule has 0 saturated heterocycles. The van der Waals surface area contributed by atoms with E-state index in [-0.39, 0.29) is 18.6 Å². The average Bonchev–Trinajstić information content (AvgIpc) is 3.19. The topological polar surface area (TPSA) is 99.5 Å². The van der Waals surface area contributed by atoms with E-state index < -0.39 is 35.6 Å². The molecule has 2 aromatic rings. The summed E-state index contributed by atoms with van der Waals surface area (Å²) in [6, 6.07) is 4.01. The van der Waals surface area contributed by atoms with Gasteiger partial charge in [-0.3, -0.25) is 19.1 Å². The molecule has 0 bridgehead atoms. The Bertz CT molecular complexity index is 915. The van der Waals surface area contributed by atoms with Gasteiger partial charge in [0.05, 0.1) is 56.3 Å². The number of esters is 2. The van der Waals surface area contributed by atoms with Crippen LogP contribution in [0.25, 0.3) is 0 Å². The summed E-state index contributed by atoms with van der Waals surface area (Å²) in [6.45, 7) is 0. The smallest absolute Gasteiger partial charge is 0.416 e. The van der Waals surface area contributed by atoms with Crippen LogP contribution in [0.15, 0.2) is 41.6 Å². The predicted molar refractivity (Wildman–Crippen MR) is 105 cm³/mol. The molecule has 1 N–H and O–H groups in total. The lowest BCUT2D eigenvalue weighted by atomic mass is 10.1. The number of carbonyl (C=O) groups is 3. The lowest BCUT2D eigenvalue weighted by molar-refractivity contribution is -0.144. The first-order chi connectivity index (χ1) is 14.6. The molecule has 1 heterocycles. The van der Waals surface area contributed by atoms with Gasteiger partial charge in [0.1, 0.15) is 0 Å². The molecule has 0 atom stereocenters. The number of carbonyl (C=O) groups excluding carboxylic acids is 3. The molecule has 0 unspecified atom stereocenters. The molecule has 8 nitrogen and oxygen atoms in total. The SMILES string of the molecule is COC(=O)CC(CC(=O)OC)n1cc(NC(=O)CSc2cccc(C(F)(F)F)c2)cn1. The van der Waals surface area contributed by atoms with Crippen LogP contribution in [-0.4, -0.2) is 47.6 Å². The van der Waals surface area contributed by atoms with Crippen LogP contribution in [0.5, 0.6) is 0 Å². The highest BCUT2D eigenvalue weighted by atomic mass is 32.2. The normalized spacial score (nSPS) is 11.3. The number of rotatable bonds is 9. The number of halogens is 3. The van der Waals surface area contributed by atoms with E-state index in [1.807, 2.05) is 0 Å². The fourth-order valence-electron chi connectivity index (χ4n) is 2.52. The third-order valence-corrected chi connectivity index (χ3v) is 5.04. The molecule has 0 aliphatic rings. The minimum absolute atomic E-state index is 0.125. The molecular weight excluding hydrogens is 439 g/mol. The van der Waals surface area contributed by atoms with E-state index in [2.05, 4.69) is 19.9 Å². The lowest BCUT2D eigenvalue weighted by Gasteiger charge is -2.15. The van der Waals surface area contributed by atoms with E-state index in [1.165, 1.54) is 43.4 Å². The third-order valence-electron chi connectivity index (χ3n) is 4.05. The van der Waals surface area contributed by atoms with Crippen LogP contribution >= 0.6 is 11.8 Å².